The standard InChI is InChI=1S/C20H21NO7/c1-24-15-6-3-13(9-17(15)25-2)4-8-20(23)26-11-19(22)21-14-5-7-16-18(10-14)28-12-27-16/h3,5-7,9-10H,4,8,11-12H2,1-2H3,(H,21,22). The van der Waals surface area contributed by atoms with Crippen LogP contribution in [-0.4, -0.2) is 39.5 Å². The van der Waals surface area contributed by atoms with Crippen LogP contribution in [0.5, 0.6) is 23.0 Å². The summed E-state index contributed by atoms with van der Waals surface area (Å²) in [5, 5.41) is 2.65. The molecule has 0 aromatic heterocycles. The van der Waals surface area contributed by atoms with Crippen molar-refractivity contribution in [2.75, 3.05) is 32.9 Å². The highest BCUT2D eigenvalue weighted by Crippen LogP contribution is 2.34. The molecule has 0 fully saturated rings. The Hall–Kier alpha value is -3.42. The number of esters is 1. The van der Waals surface area contributed by atoms with E-state index < -0.39 is 11.9 Å². The predicted octanol–water partition coefficient (Wildman–Crippen LogP) is 2.55. The number of ether oxygens (including phenoxy) is 5. The van der Waals surface area contributed by atoms with Gasteiger partial charge in [0.2, 0.25) is 6.79 Å². The molecule has 1 amide bonds. The molecule has 3 rings (SSSR count). The van der Waals surface area contributed by atoms with Crippen LogP contribution in [0.25, 0.3) is 0 Å². The van der Waals surface area contributed by atoms with Gasteiger partial charge in [0.05, 0.1) is 14.2 Å². The second-order valence-electron chi connectivity index (χ2n) is 5.97. The van der Waals surface area contributed by atoms with Gasteiger partial charge in [-0.1, -0.05) is 6.07 Å². The van der Waals surface area contributed by atoms with Crippen LogP contribution >= 0.6 is 0 Å². The van der Waals surface area contributed by atoms with E-state index in [1.807, 2.05) is 6.07 Å². The van der Waals surface area contributed by atoms with Gasteiger partial charge < -0.3 is 29.0 Å². The number of carbonyl (C=O) groups excluding carboxylic acids is 2. The van der Waals surface area contributed by atoms with Gasteiger partial charge in [-0.25, -0.2) is 0 Å². The number of benzene rings is 2. The molecule has 148 valence electrons. The molecule has 0 saturated carbocycles. The van der Waals surface area contributed by atoms with Gasteiger partial charge in [-0.3, -0.25) is 9.59 Å². The molecule has 8 heteroatoms. The first-order valence-electron chi connectivity index (χ1n) is 8.65. The third-order valence-corrected chi connectivity index (χ3v) is 4.09. The van der Waals surface area contributed by atoms with Crippen molar-refractivity contribution in [3.63, 3.8) is 0 Å². The third-order valence-electron chi connectivity index (χ3n) is 4.09. The molecule has 0 unspecified atom stereocenters. The van der Waals surface area contributed by atoms with Gasteiger partial charge in [0, 0.05) is 18.2 Å². The Morgan fingerprint density at radius 1 is 1.00 bits per heavy atom. The predicted molar refractivity (Wildman–Crippen MR) is 100 cm³/mol. The molecule has 1 aliphatic rings. The van der Waals surface area contributed by atoms with Crippen LogP contribution in [0.1, 0.15) is 12.0 Å². The van der Waals surface area contributed by atoms with Crippen LogP contribution in [0.3, 0.4) is 0 Å². The van der Waals surface area contributed by atoms with Crippen molar-refractivity contribution in [1.82, 2.24) is 0 Å². The number of methoxy groups -OCH3 is 2. The summed E-state index contributed by atoms with van der Waals surface area (Å²) in [6, 6.07) is 10.5. The molecule has 2 aromatic carbocycles. The highest BCUT2D eigenvalue weighted by molar-refractivity contribution is 5.93. The van der Waals surface area contributed by atoms with E-state index in [1.165, 1.54) is 0 Å². The maximum atomic E-state index is 12.0. The molecule has 8 nitrogen and oxygen atoms in total. The zero-order valence-electron chi connectivity index (χ0n) is 15.7. The minimum atomic E-state index is -0.462. The smallest absolute Gasteiger partial charge is 0.306 e. The molecule has 2 aromatic rings. The zero-order chi connectivity index (χ0) is 19.9. The molecule has 1 aliphatic heterocycles. The van der Waals surface area contributed by atoms with Gasteiger partial charge in [-0.2, -0.15) is 0 Å². The van der Waals surface area contributed by atoms with E-state index >= 15 is 0 Å². The Morgan fingerprint density at radius 2 is 1.79 bits per heavy atom. The fraction of sp³-hybridized carbons (Fsp3) is 0.300. The van der Waals surface area contributed by atoms with Gasteiger partial charge in [-0.05, 0) is 36.2 Å². The summed E-state index contributed by atoms with van der Waals surface area (Å²) in [6.45, 7) is -0.205. The molecule has 28 heavy (non-hydrogen) atoms. The average Bonchev–Trinajstić information content (AvgIpc) is 3.18. The number of anilines is 1. The fourth-order valence-corrected chi connectivity index (χ4v) is 2.67. The Labute approximate surface area is 162 Å². The number of rotatable bonds is 8. The van der Waals surface area contributed by atoms with E-state index in [9.17, 15) is 9.59 Å². The second kappa shape index (κ2) is 8.98. The summed E-state index contributed by atoms with van der Waals surface area (Å²) in [5.41, 5.74) is 1.44. The van der Waals surface area contributed by atoms with Crippen LogP contribution < -0.4 is 24.3 Å². The summed E-state index contributed by atoms with van der Waals surface area (Å²) in [6.07, 6.45) is 0.607. The van der Waals surface area contributed by atoms with Crippen LogP contribution in [0.2, 0.25) is 0 Å². The van der Waals surface area contributed by atoms with Crippen molar-refractivity contribution >= 4 is 17.6 Å². The number of hydrogen-bond acceptors (Lipinski definition) is 7. The fourth-order valence-electron chi connectivity index (χ4n) is 2.67. The minimum absolute atomic E-state index is 0.146. The van der Waals surface area contributed by atoms with E-state index in [2.05, 4.69) is 5.32 Å². The zero-order valence-corrected chi connectivity index (χ0v) is 15.7. The van der Waals surface area contributed by atoms with Crippen molar-refractivity contribution in [2.45, 2.75) is 12.8 Å². The minimum Gasteiger partial charge on any atom is -0.493 e. The van der Waals surface area contributed by atoms with E-state index in [-0.39, 0.29) is 19.8 Å². The molecule has 0 bridgehead atoms. The lowest BCUT2D eigenvalue weighted by atomic mass is 10.1. The van der Waals surface area contributed by atoms with Crippen LogP contribution in [0, 0.1) is 0 Å². The first-order chi connectivity index (χ1) is 13.6. The van der Waals surface area contributed by atoms with E-state index in [1.54, 1.807) is 44.6 Å². The van der Waals surface area contributed by atoms with Crippen molar-refractivity contribution in [2.24, 2.45) is 0 Å². The van der Waals surface area contributed by atoms with Gasteiger partial charge in [-0.15, -0.1) is 0 Å². The van der Waals surface area contributed by atoms with Crippen molar-refractivity contribution < 1.29 is 33.3 Å². The normalized spacial score (nSPS) is 11.6. The van der Waals surface area contributed by atoms with Crippen molar-refractivity contribution in [3.8, 4) is 23.0 Å². The highest BCUT2D eigenvalue weighted by Gasteiger charge is 2.15. The SMILES string of the molecule is COc1ccc(CCC(=O)OCC(=O)Nc2ccc3c(c2)OCO3)cc1OC. The summed E-state index contributed by atoms with van der Waals surface area (Å²) >= 11 is 0. The Kier molecular flexibility index (Phi) is 6.21. The van der Waals surface area contributed by atoms with Gasteiger partial charge in [0.1, 0.15) is 0 Å². The average molecular weight is 387 g/mol. The first kappa shape index (κ1) is 19.3. The van der Waals surface area contributed by atoms with Crippen LogP contribution in [-0.2, 0) is 20.7 Å². The largest absolute Gasteiger partial charge is 0.493 e. The number of aryl methyl sites for hydroxylation is 1. The Morgan fingerprint density at radius 3 is 2.57 bits per heavy atom. The molecule has 1 heterocycles. The molecule has 0 spiro atoms. The lowest BCUT2D eigenvalue weighted by Crippen LogP contribution is -2.21. The van der Waals surface area contributed by atoms with Crippen molar-refractivity contribution in [1.29, 1.82) is 0 Å². The van der Waals surface area contributed by atoms with Crippen molar-refractivity contribution in [3.05, 3.63) is 42.0 Å². The lowest BCUT2D eigenvalue weighted by molar-refractivity contribution is -0.147. The van der Waals surface area contributed by atoms with Gasteiger partial charge >= 0.3 is 5.97 Å². The Bertz CT molecular complexity index is 866. The molecule has 0 atom stereocenters. The summed E-state index contributed by atoms with van der Waals surface area (Å²) in [7, 11) is 3.11. The quantitative estimate of drug-likeness (QED) is 0.696. The van der Waals surface area contributed by atoms with E-state index in [4.69, 9.17) is 23.7 Å². The molecule has 1 N–H and O–H groups in total. The second-order valence-corrected chi connectivity index (χ2v) is 5.97. The molecule has 0 radical (unpaired) electrons. The Balaban J connectivity index is 1.43. The lowest BCUT2D eigenvalue weighted by Gasteiger charge is -2.10. The number of carbonyl (C=O) groups is 2. The van der Waals surface area contributed by atoms with Gasteiger partial charge in [0.15, 0.2) is 29.6 Å². The summed E-state index contributed by atoms with van der Waals surface area (Å²) < 4.78 is 25.9. The maximum absolute atomic E-state index is 12.0. The van der Waals surface area contributed by atoms with E-state index in [0.717, 1.165) is 5.56 Å². The molecule has 0 saturated heterocycles. The first-order valence-corrected chi connectivity index (χ1v) is 8.65. The number of fused-ring (bicyclic) bond motifs is 1. The maximum Gasteiger partial charge on any atom is 0.306 e. The van der Waals surface area contributed by atoms with Crippen LogP contribution in [0.4, 0.5) is 5.69 Å². The molecule has 0 aliphatic carbocycles. The highest BCUT2D eigenvalue weighted by atomic mass is 16.7. The number of hydrogen-bond donors (Lipinski definition) is 1. The summed E-state index contributed by atoms with van der Waals surface area (Å²) in [5.74, 6) is 1.50. The van der Waals surface area contributed by atoms with E-state index in [0.29, 0.717) is 35.1 Å². The number of nitrogens with one attached hydrogen (secondary N) is 1. The number of amides is 1. The third kappa shape index (κ3) is 4.85. The summed E-state index contributed by atoms with van der Waals surface area (Å²) in [4.78, 5) is 23.9. The van der Waals surface area contributed by atoms with Gasteiger partial charge in [0.25, 0.3) is 5.91 Å². The van der Waals surface area contributed by atoms with Crippen LogP contribution in [0.15, 0.2) is 36.4 Å². The molecular weight excluding hydrogens is 366 g/mol. The monoisotopic (exact) mass is 387 g/mol. The topological polar surface area (TPSA) is 92.3 Å². The molecular formula is C20H21NO7.